The zero-order valence-electron chi connectivity index (χ0n) is 9.64. The van der Waals surface area contributed by atoms with Crippen LogP contribution in [0.2, 0.25) is 0 Å². The Morgan fingerprint density at radius 2 is 2.06 bits per heavy atom. The van der Waals surface area contributed by atoms with Gasteiger partial charge in [0.2, 0.25) is 0 Å². The fourth-order valence-electron chi connectivity index (χ4n) is 2.09. The molecule has 3 nitrogen and oxygen atoms in total. The number of likely N-dealkylation sites (N-methyl/N-ethyl adjacent to an activating group) is 1. The lowest BCUT2D eigenvalue weighted by atomic mass is 10.1. The highest BCUT2D eigenvalue weighted by atomic mass is 79.9. The molecular weight excluding hydrogens is 300 g/mol. The maximum absolute atomic E-state index is 12.0. The van der Waals surface area contributed by atoms with Crippen LogP contribution in [0.25, 0.3) is 0 Å². The Balaban J connectivity index is 2.17. The Bertz CT molecular complexity index is 409. The summed E-state index contributed by atoms with van der Waals surface area (Å²) in [6, 6.07) is 8.37. The number of nitrogens with zero attached hydrogens (tertiary/aromatic N) is 2. The van der Waals surface area contributed by atoms with E-state index in [2.05, 4.69) is 40.7 Å². The summed E-state index contributed by atoms with van der Waals surface area (Å²) in [5, 5.41) is 0. The molecule has 2 amide bonds. The van der Waals surface area contributed by atoms with Gasteiger partial charge < -0.3 is 9.80 Å². The molecule has 5 heteroatoms. The number of hydrogen-bond acceptors (Lipinski definition) is 2. The molecule has 0 saturated carbocycles. The number of rotatable bonds is 3. The van der Waals surface area contributed by atoms with Crippen LogP contribution in [0.3, 0.4) is 0 Å². The first kappa shape index (κ1) is 12.8. The number of amides is 2. The zero-order valence-corrected chi connectivity index (χ0v) is 12.1. The molecule has 1 heterocycles. The molecule has 92 valence electrons. The van der Waals surface area contributed by atoms with Gasteiger partial charge in [0.05, 0.1) is 6.04 Å². The van der Waals surface area contributed by atoms with Gasteiger partial charge in [0.1, 0.15) is 0 Å². The average Bonchev–Trinajstić information content (AvgIpc) is 2.59. The highest BCUT2D eigenvalue weighted by molar-refractivity contribution is 9.10. The van der Waals surface area contributed by atoms with Gasteiger partial charge in [-0.1, -0.05) is 28.1 Å². The Hall–Kier alpha value is -0.680. The van der Waals surface area contributed by atoms with Crippen LogP contribution in [0.4, 0.5) is 4.79 Å². The van der Waals surface area contributed by atoms with E-state index in [1.165, 1.54) is 5.56 Å². The van der Waals surface area contributed by atoms with E-state index in [4.69, 9.17) is 0 Å². The van der Waals surface area contributed by atoms with Crippen LogP contribution in [0.1, 0.15) is 11.6 Å². The molecule has 1 aromatic rings. The van der Waals surface area contributed by atoms with Crippen molar-refractivity contribution in [1.29, 1.82) is 0 Å². The molecule has 1 aliphatic heterocycles. The summed E-state index contributed by atoms with van der Waals surface area (Å²) in [5.74, 6) is 0.701. The number of thiol groups is 1. The van der Waals surface area contributed by atoms with E-state index in [0.717, 1.165) is 11.0 Å². The minimum absolute atomic E-state index is 0.0898. The molecule has 0 aromatic heterocycles. The lowest BCUT2D eigenvalue weighted by molar-refractivity contribution is 0.197. The Kier molecular flexibility index (Phi) is 3.99. The van der Waals surface area contributed by atoms with Crippen molar-refractivity contribution in [2.75, 3.05) is 25.9 Å². The Morgan fingerprint density at radius 1 is 1.41 bits per heavy atom. The molecule has 0 bridgehead atoms. The van der Waals surface area contributed by atoms with Gasteiger partial charge in [-0.05, 0) is 17.7 Å². The summed E-state index contributed by atoms with van der Waals surface area (Å²) >= 11 is 7.59. The molecule has 0 radical (unpaired) electrons. The van der Waals surface area contributed by atoms with Gasteiger partial charge in [-0.25, -0.2) is 4.79 Å². The van der Waals surface area contributed by atoms with Crippen LogP contribution in [0, 0.1) is 0 Å². The fourth-order valence-corrected chi connectivity index (χ4v) is 2.59. The molecule has 0 spiro atoms. The molecule has 2 rings (SSSR count). The van der Waals surface area contributed by atoms with E-state index in [1.807, 2.05) is 24.1 Å². The van der Waals surface area contributed by atoms with Gasteiger partial charge in [-0.2, -0.15) is 12.6 Å². The maximum atomic E-state index is 12.0. The highest BCUT2D eigenvalue weighted by Gasteiger charge is 2.34. The molecular formula is C12H15BrN2OS. The summed E-state index contributed by atoms with van der Waals surface area (Å²) in [5.41, 5.74) is 1.17. The third kappa shape index (κ3) is 2.60. The average molecular weight is 315 g/mol. The second kappa shape index (κ2) is 5.31. The summed E-state index contributed by atoms with van der Waals surface area (Å²) in [4.78, 5) is 15.6. The number of carbonyl (C=O) groups is 1. The SMILES string of the molecule is CN1C(=O)N(CCS)CC1c1ccc(Br)cc1. The molecule has 1 saturated heterocycles. The predicted octanol–water partition coefficient (Wildman–Crippen LogP) is 2.79. The summed E-state index contributed by atoms with van der Waals surface area (Å²) in [6.45, 7) is 1.46. The number of urea groups is 1. The van der Waals surface area contributed by atoms with E-state index < -0.39 is 0 Å². The number of benzene rings is 1. The van der Waals surface area contributed by atoms with Gasteiger partial charge in [-0.15, -0.1) is 0 Å². The molecule has 1 atom stereocenters. The highest BCUT2D eigenvalue weighted by Crippen LogP contribution is 2.28. The van der Waals surface area contributed by atoms with Crippen LogP contribution in [-0.2, 0) is 0 Å². The predicted molar refractivity (Wildman–Crippen MR) is 75.5 cm³/mol. The van der Waals surface area contributed by atoms with Crippen LogP contribution in [0.5, 0.6) is 0 Å². The number of halogens is 1. The largest absolute Gasteiger partial charge is 0.321 e. The van der Waals surface area contributed by atoms with Gasteiger partial charge in [0, 0.05) is 30.4 Å². The van der Waals surface area contributed by atoms with E-state index >= 15 is 0 Å². The molecule has 1 aliphatic rings. The molecule has 1 aromatic carbocycles. The molecule has 1 fully saturated rings. The van der Waals surface area contributed by atoms with Crippen LogP contribution < -0.4 is 0 Å². The van der Waals surface area contributed by atoms with Crippen molar-refractivity contribution in [1.82, 2.24) is 9.80 Å². The van der Waals surface area contributed by atoms with E-state index in [1.54, 1.807) is 4.90 Å². The van der Waals surface area contributed by atoms with Crippen molar-refractivity contribution in [3.63, 3.8) is 0 Å². The van der Waals surface area contributed by atoms with E-state index in [-0.39, 0.29) is 12.1 Å². The first-order valence-corrected chi connectivity index (χ1v) is 6.94. The van der Waals surface area contributed by atoms with Crippen molar-refractivity contribution in [2.24, 2.45) is 0 Å². The Morgan fingerprint density at radius 3 is 2.65 bits per heavy atom. The molecule has 17 heavy (non-hydrogen) atoms. The lowest BCUT2D eigenvalue weighted by Crippen LogP contribution is -2.30. The monoisotopic (exact) mass is 314 g/mol. The third-order valence-corrected chi connectivity index (χ3v) is 3.79. The third-order valence-electron chi connectivity index (χ3n) is 3.06. The summed E-state index contributed by atoms with van der Waals surface area (Å²) < 4.78 is 1.06. The summed E-state index contributed by atoms with van der Waals surface area (Å²) in [7, 11) is 1.85. The quantitative estimate of drug-likeness (QED) is 0.852. The normalized spacial score (nSPS) is 20.2. The van der Waals surface area contributed by atoms with E-state index in [9.17, 15) is 4.79 Å². The smallest absolute Gasteiger partial charge is 0.320 e. The van der Waals surface area contributed by atoms with Gasteiger partial charge in [-0.3, -0.25) is 0 Å². The lowest BCUT2D eigenvalue weighted by Gasteiger charge is -2.17. The van der Waals surface area contributed by atoms with Crippen LogP contribution >= 0.6 is 28.6 Å². The first-order valence-electron chi connectivity index (χ1n) is 5.51. The Labute approximate surface area is 115 Å². The van der Waals surface area contributed by atoms with E-state index in [0.29, 0.717) is 12.3 Å². The van der Waals surface area contributed by atoms with Crippen molar-refractivity contribution < 1.29 is 4.79 Å². The fraction of sp³-hybridized carbons (Fsp3) is 0.417. The maximum Gasteiger partial charge on any atom is 0.320 e. The van der Waals surface area contributed by atoms with Gasteiger partial charge in [0.25, 0.3) is 0 Å². The van der Waals surface area contributed by atoms with Crippen LogP contribution in [-0.4, -0.2) is 41.7 Å². The standard InChI is InChI=1S/C12H15BrN2OS/c1-14-11(8-15(6-7-17)12(14)16)9-2-4-10(13)5-3-9/h2-5,11,17H,6-8H2,1H3. The second-order valence-electron chi connectivity index (χ2n) is 4.13. The first-order chi connectivity index (χ1) is 8.13. The second-order valence-corrected chi connectivity index (χ2v) is 5.49. The van der Waals surface area contributed by atoms with Crippen LogP contribution in [0.15, 0.2) is 28.7 Å². The number of carbonyl (C=O) groups excluding carboxylic acids is 1. The molecule has 0 aliphatic carbocycles. The zero-order chi connectivity index (χ0) is 12.4. The van der Waals surface area contributed by atoms with Gasteiger partial charge >= 0.3 is 6.03 Å². The topological polar surface area (TPSA) is 23.6 Å². The molecule has 1 unspecified atom stereocenters. The van der Waals surface area contributed by atoms with Crippen molar-refractivity contribution in [2.45, 2.75) is 6.04 Å². The molecule has 0 N–H and O–H groups in total. The van der Waals surface area contributed by atoms with Crippen molar-refractivity contribution in [3.8, 4) is 0 Å². The minimum Gasteiger partial charge on any atom is -0.321 e. The van der Waals surface area contributed by atoms with Gasteiger partial charge in [0.15, 0.2) is 0 Å². The number of hydrogen-bond donors (Lipinski definition) is 1. The minimum atomic E-state index is 0.0898. The van der Waals surface area contributed by atoms with Crippen molar-refractivity contribution >= 4 is 34.6 Å². The van der Waals surface area contributed by atoms with Crippen molar-refractivity contribution in [3.05, 3.63) is 34.3 Å². The summed E-state index contributed by atoms with van der Waals surface area (Å²) in [6.07, 6.45) is 0.